The summed E-state index contributed by atoms with van der Waals surface area (Å²) in [6, 6.07) is 19.6. The van der Waals surface area contributed by atoms with Crippen LogP contribution in [0.1, 0.15) is 43.2 Å². The van der Waals surface area contributed by atoms with Gasteiger partial charge in [-0.3, -0.25) is 4.79 Å². The standard InChI is InChI=1S/C20H23NO3/c1-15(22)21-19(20(23)24)14-8-13-18(16-9-4-2-5-10-16)17-11-6-3-7-12-17/h2-7,9-12,18-19H,8,13-14H2,1H3,(H,21,22)(H,23,24). The van der Waals surface area contributed by atoms with Crippen LogP contribution < -0.4 is 5.32 Å². The van der Waals surface area contributed by atoms with Crippen molar-refractivity contribution in [2.75, 3.05) is 0 Å². The fourth-order valence-electron chi connectivity index (χ4n) is 2.93. The average Bonchev–Trinajstić information content (AvgIpc) is 2.58. The number of aliphatic carboxylic acids is 1. The molecule has 126 valence electrons. The third-order valence-corrected chi connectivity index (χ3v) is 4.07. The molecule has 0 aliphatic carbocycles. The van der Waals surface area contributed by atoms with Crippen LogP contribution >= 0.6 is 0 Å². The minimum absolute atomic E-state index is 0.221. The van der Waals surface area contributed by atoms with E-state index < -0.39 is 12.0 Å². The molecule has 0 saturated carbocycles. The number of carboxylic acids is 1. The highest BCUT2D eigenvalue weighted by molar-refractivity contribution is 5.81. The maximum absolute atomic E-state index is 11.2. The molecule has 2 N–H and O–H groups in total. The Morgan fingerprint density at radius 2 is 1.42 bits per heavy atom. The van der Waals surface area contributed by atoms with Gasteiger partial charge in [-0.1, -0.05) is 60.7 Å². The summed E-state index contributed by atoms with van der Waals surface area (Å²) in [5.74, 6) is -1.08. The zero-order valence-corrected chi connectivity index (χ0v) is 13.8. The molecule has 0 aliphatic rings. The third-order valence-electron chi connectivity index (χ3n) is 4.07. The van der Waals surface area contributed by atoms with Gasteiger partial charge < -0.3 is 10.4 Å². The molecular formula is C20H23NO3. The molecule has 4 heteroatoms. The van der Waals surface area contributed by atoms with Gasteiger partial charge in [-0.15, -0.1) is 0 Å². The van der Waals surface area contributed by atoms with Gasteiger partial charge in [0.05, 0.1) is 0 Å². The Bertz CT molecular complexity index is 616. The van der Waals surface area contributed by atoms with Gasteiger partial charge in [-0.2, -0.15) is 0 Å². The Labute approximate surface area is 142 Å². The topological polar surface area (TPSA) is 66.4 Å². The second-order valence-corrected chi connectivity index (χ2v) is 5.90. The summed E-state index contributed by atoms with van der Waals surface area (Å²) >= 11 is 0. The quantitative estimate of drug-likeness (QED) is 0.779. The highest BCUT2D eigenvalue weighted by atomic mass is 16.4. The predicted octanol–water partition coefficient (Wildman–Crippen LogP) is 3.58. The molecule has 0 fully saturated rings. The van der Waals surface area contributed by atoms with Crippen molar-refractivity contribution in [3.8, 4) is 0 Å². The summed E-state index contributed by atoms with van der Waals surface area (Å²) in [7, 11) is 0. The van der Waals surface area contributed by atoms with Crippen LogP contribution in [0, 0.1) is 0 Å². The van der Waals surface area contributed by atoms with Crippen LogP contribution in [0.4, 0.5) is 0 Å². The Kier molecular flexibility index (Phi) is 6.55. The molecule has 0 spiro atoms. The summed E-state index contributed by atoms with van der Waals surface area (Å²) in [5.41, 5.74) is 2.44. The molecule has 0 aliphatic heterocycles. The lowest BCUT2D eigenvalue weighted by molar-refractivity contribution is -0.141. The van der Waals surface area contributed by atoms with Crippen LogP contribution in [0.25, 0.3) is 0 Å². The lowest BCUT2D eigenvalue weighted by Crippen LogP contribution is -2.39. The highest BCUT2D eigenvalue weighted by Crippen LogP contribution is 2.29. The Morgan fingerprint density at radius 1 is 0.917 bits per heavy atom. The van der Waals surface area contributed by atoms with Gasteiger partial charge in [-0.25, -0.2) is 4.79 Å². The number of nitrogens with one attached hydrogen (secondary N) is 1. The third kappa shape index (κ3) is 5.23. The Hall–Kier alpha value is -2.62. The SMILES string of the molecule is CC(=O)NC(CCCC(c1ccccc1)c1ccccc1)C(=O)O. The molecule has 0 radical (unpaired) electrons. The van der Waals surface area contributed by atoms with Crippen molar-refractivity contribution in [1.29, 1.82) is 0 Å². The van der Waals surface area contributed by atoms with Crippen LogP contribution in [-0.2, 0) is 9.59 Å². The van der Waals surface area contributed by atoms with Crippen molar-refractivity contribution in [2.24, 2.45) is 0 Å². The number of amides is 1. The molecule has 2 aromatic carbocycles. The van der Waals surface area contributed by atoms with E-state index in [1.54, 1.807) is 0 Å². The molecule has 2 aromatic rings. The Morgan fingerprint density at radius 3 is 1.83 bits per heavy atom. The van der Waals surface area contributed by atoms with Crippen molar-refractivity contribution in [2.45, 2.75) is 38.1 Å². The molecule has 0 heterocycles. The lowest BCUT2D eigenvalue weighted by Gasteiger charge is -2.19. The van der Waals surface area contributed by atoms with E-state index in [0.29, 0.717) is 12.8 Å². The lowest BCUT2D eigenvalue weighted by atomic mass is 9.86. The summed E-state index contributed by atoms with van der Waals surface area (Å²) in [6.07, 6.45) is 1.97. The first-order valence-corrected chi connectivity index (χ1v) is 8.17. The largest absolute Gasteiger partial charge is 0.480 e. The summed E-state index contributed by atoms with van der Waals surface area (Å²) in [4.78, 5) is 22.4. The number of rotatable bonds is 8. The Balaban J connectivity index is 2.07. The van der Waals surface area contributed by atoms with Crippen LogP contribution in [-0.4, -0.2) is 23.0 Å². The zero-order chi connectivity index (χ0) is 17.4. The van der Waals surface area contributed by atoms with Gasteiger partial charge >= 0.3 is 5.97 Å². The summed E-state index contributed by atoms with van der Waals surface area (Å²) in [5, 5.41) is 11.7. The minimum atomic E-state index is -0.985. The minimum Gasteiger partial charge on any atom is -0.480 e. The van der Waals surface area contributed by atoms with Crippen molar-refractivity contribution < 1.29 is 14.7 Å². The fourth-order valence-corrected chi connectivity index (χ4v) is 2.93. The first-order chi connectivity index (χ1) is 11.6. The highest BCUT2D eigenvalue weighted by Gasteiger charge is 2.20. The van der Waals surface area contributed by atoms with Crippen LogP contribution in [0.3, 0.4) is 0 Å². The molecule has 0 saturated heterocycles. The van der Waals surface area contributed by atoms with Gasteiger partial charge in [0.1, 0.15) is 6.04 Å². The van der Waals surface area contributed by atoms with Crippen molar-refractivity contribution >= 4 is 11.9 Å². The smallest absolute Gasteiger partial charge is 0.326 e. The predicted molar refractivity (Wildman–Crippen MR) is 93.8 cm³/mol. The first-order valence-electron chi connectivity index (χ1n) is 8.17. The van der Waals surface area contributed by atoms with E-state index in [2.05, 4.69) is 29.6 Å². The second-order valence-electron chi connectivity index (χ2n) is 5.90. The van der Waals surface area contributed by atoms with Crippen LogP contribution in [0.5, 0.6) is 0 Å². The molecule has 2 rings (SSSR count). The maximum Gasteiger partial charge on any atom is 0.326 e. The van der Waals surface area contributed by atoms with Crippen LogP contribution in [0.15, 0.2) is 60.7 Å². The van der Waals surface area contributed by atoms with Crippen LogP contribution in [0.2, 0.25) is 0 Å². The van der Waals surface area contributed by atoms with E-state index in [0.717, 1.165) is 6.42 Å². The number of hydrogen-bond acceptors (Lipinski definition) is 2. The fraction of sp³-hybridized carbons (Fsp3) is 0.300. The van der Waals surface area contributed by atoms with Crippen molar-refractivity contribution in [3.63, 3.8) is 0 Å². The number of carbonyl (C=O) groups excluding carboxylic acids is 1. The number of benzene rings is 2. The van der Waals surface area contributed by atoms with Gasteiger partial charge in [-0.05, 0) is 30.4 Å². The second kappa shape index (κ2) is 8.87. The molecule has 4 nitrogen and oxygen atoms in total. The molecule has 1 unspecified atom stereocenters. The number of carboxylic acid groups (broad SMARTS) is 1. The number of hydrogen-bond donors (Lipinski definition) is 2. The monoisotopic (exact) mass is 325 g/mol. The molecule has 0 bridgehead atoms. The zero-order valence-electron chi connectivity index (χ0n) is 13.8. The van der Waals surface area contributed by atoms with E-state index in [1.807, 2.05) is 36.4 Å². The van der Waals surface area contributed by atoms with Gasteiger partial charge in [0.25, 0.3) is 0 Å². The molecule has 24 heavy (non-hydrogen) atoms. The van der Waals surface area contributed by atoms with Crippen molar-refractivity contribution in [1.82, 2.24) is 5.32 Å². The number of carbonyl (C=O) groups is 2. The first kappa shape index (κ1) is 17.7. The summed E-state index contributed by atoms with van der Waals surface area (Å²) in [6.45, 7) is 1.34. The van der Waals surface area contributed by atoms with E-state index >= 15 is 0 Å². The normalized spacial score (nSPS) is 11.9. The maximum atomic E-state index is 11.2. The molecule has 0 aromatic heterocycles. The molecular weight excluding hydrogens is 302 g/mol. The van der Waals surface area contributed by atoms with E-state index in [4.69, 9.17) is 0 Å². The van der Waals surface area contributed by atoms with Crippen molar-refractivity contribution in [3.05, 3.63) is 71.8 Å². The van der Waals surface area contributed by atoms with E-state index in [1.165, 1.54) is 18.1 Å². The molecule has 1 atom stereocenters. The van der Waals surface area contributed by atoms with Gasteiger partial charge in [0.2, 0.25) is 5.91 Å². The molecule has 1 amide bonds. The van der Waals surface area contributed by atoms with E-state index in [9.17, 15) is 14.7 Å². The average molecular weight is 325 g/mol. The van der Waals surface area contributed by atoms with Gasteiger partial charge in [0.15, 0.2) is 0 Å². The van der Waals surface area contributed by atoms with Gasteiger partial charge in [0, 0.05) is 12.8 Å². The summed E-state index contributed by atoms with van der Waals surface area (Å²) < 4.78 is 0. The van der Waals surface area contributed by atoms with E-state index in [-0.39, 0.29) is 11.8 Å².